The molecule has 4 aliphatic carbocycles. The molecule has 0 atom stereocenters. The van der Waals surface area contributed by atoms with E-state index in [1.54, 1.807) is 11.3 Å². The van der Waals surface area contributed by atoms with Crippen LogP contribution in [0, 0.1) is 37.0 Å². The summed E-state index contributed by atoms with van der Waals surface area (Å²) in [5.41, 5.74) is 5.93. The van der Waals surface area contributed by atoms with E-state index in [9.17, 15) is 4.79 Å². The van der Waals surface area contributed by atoms with Gasteiger partial charge in [-0.2, -0.15) is 10.1 Å². The molecule has 55 heavy (non-hydrogen) atoms. The molecule has 0 radical (unpaired) electrons. The second-order valence-corrected chi connectivity index (χ2v) is 25.3. The topological polar surface area (TPSA) is 113 Å². The predicted octanol–water partition coefficient (Wildman–Crippen LogP) is 9.06. The van der Waals surface area contributed by atoms with Crippen LogP contribution in [0.15, 0.2) is 35.5 Å². The van der Waals surface area contributed by atoms with E-state index in [2.05, 4.69) is 71.9 Å². The lowest BCUT2D eigenvalue weighted by atomic mass is 9.49. The van der Waals surface area contributed by atoms with E-state index in [1.807, 2.05) is 13.1 Å². The highest BCUT2D eigenvalue weighted by atomic mass is 32.1. The molecule has 5 heterocycles. The summed E-state index contributed by atoms with van der Waals surface area (Å²) in [6.45, 7) is 16.3. The van der Waals surface area contributed by atoms with Crippen molar-refractivity contribution >= 4 is 63.7 Å². The maximum absolute atomic E-state index is 13.4. The number of ether oxygens (including phenoxy) is 2. The Morgan fingerprint density at radius 3 is 2.51 bits per heavy atom. The van der Waals surface area contributed by atoms with E-state index in [0.29, 0.717) is 35.3 Å². The Morgan fingerprint density at radius 2 is 1.78 bits per heavy atom. The van der Waals surface area contributed by atoms with Crippen LogP contribution in [0.25, 0.3) is 20.7 Å². The highest BCUT2D eigenvalue weighted by Crippen LogP contribution is 2.60. The van der Waals surface area contributed by atoms with Gasteiger partial charge in [0.2, 0.25) is 0 Å². The van der Waals surface area contributed by atoms with Crippen LogP contribution in [0.2, 0.25) is 25.7 Å². The normalized spacial score (nSPS) is 23.3. The first-order valence-electron chi connectivity index (χ1n) is 20.0. The number of benzene rings is 1. The Hall–Kier alpha value is -3.72. The van der Waals surface area contributed by atoms with Crippen molar-refractivity contribution in [3.05, 3.63) is 57.8 Å². The molecule has 14 heteroatoms. The van der Waals surface area contributed by atoms with Crippen LogP contribution < -0.4 is 9.70 Å². The number of esters is 1. The van der Waals surface area contributed by atoms with Gasteiger partial charge in [0.1, 0.15) is 6.73 Å². The van der Waals surface area contributed by atoms with Crippen molar-refractivity contribution in [3.8, 4) is 10.4 Å². The number of nitrogens with zero attached hydrogens (tertiary/aromatic N) is 8. The average molecular weight is 797 g/mol. The molecule has 4 saturated carbocycles. The number of thiazole rings is 2. The van der Waals surface area contributed by atoms with Crippen LogP contribution in [-0.2, 0) is 29.2 Å². The van der Waals surface area contributed by atoms with E-state index in [1.165, 1.54) is 49.9 Å². The quantitative estimate of drug-likeness (QED) is 0.0699. The van der Waals surface area contributed by atoms with Gasteiger partial charge in [0.15, 0.2) is 27.3 Å². The van der Waals surface area contributed by atoms with Crippen molar-refractivity contribution in [1.29, 1.82) is 0 Å². The summed E-state index contributed by atoms with van der Waals surface area (Å²) in [7, 11) is -1.21. The van der Waals surface area contributed by atoms with Gasteiger partial charge in [0, 0.05) is 50.2 Å². The van der Waals surface area contributed by atoms with Crippen molar-refractivity contribution < 1.29 is 14.3 Å². The first kappa shape index (κ1) is 36.9. The first-order chi connectivity index (χ1) is 26.5. The molecule has 1 aliphatic heterocycles. The molecule has 0 unspecified atom stereocenters. The van der Waals surface area contributed by atoms with Crippen LogP contribution in [0.5, 0.6) is 0 Å². The minimum Gasteiger partial charge on any atom is -0.461 e. The first-order valence-corrected chi connectivity index (χ1v) is 25.4. The fraction of sp³-hybridized carbons (Fsp3) is 0.561. The van der Waals surface area contributed by atoms with Gasteiger partial charge in [-0.25, -0.2) is 9.78 Å². The number of hydrogen-bond acceptors (Lipinski definition) is 11. The van der Waals surface area contributed by atoms with Gasteiger partial charge in [0.25, 0.3) is 0 Å². The molecule has 4 bridgehead atoms. The van der Waals surface area contributed by atoms with Crippen LogP contribution in [-0.4, -0.2) is 63.3 Å². The number of rotatable bonds is 12. The van der Waals surface area contributed by atoms with Gasteiger partial charge in [0.05, 0.1) is 27.9 Å². The molecule has 0 saturated heterocycles. The van der Waals surface area contributed by atoms with E-state index in [-0.39, 0.29) is 6.61 Å². The Bertz CT molecular complexity index is 2300. The monoisotopic (exact) mass is 796 g/mol. The van der Waals surface area contributed by atoms with E-state index in [0.717, 1.165) is 91.5 Å². The Labute approximate surface area is 331 Å². The number of carbonyl (C=O) groups is 1. The third-order valence-electron chi connectivity index (χ3n) is 12.5. The van der Waals surface area contributed by atoms with Crippen LogP contribution in [0.3, 0.4) is 0 Å². The minimum atomic E-state index is -1.21. The average Bonchev–Trinajstić information content (AvgIpc) is 3.92. The second-order valence-electron chi connectivity index (χ2n) is 17.7. The summed E-state index contributed by atoms with van der Waals surface area (Å²) in [6.07, 6.45) is 11.0. The summed E-state index contributed by atoms with van der Waals surface area (Å²) >= 11 is 3.15. The molecule has 11 nitrogen and oxygen atoms in total. The van der Waals surface area contributed by atoms with Crippen molar-refractivity contribution in [2.24, 2.45) is 28.2 Å². The van der Waals surface area contributed by atoms with Gasteiger partial charge >= 0.3 is 5.97 Å². The standard InChI is InChI=1S/C41H52N8O3S2Si/c1-7-52-38(50)34-35(31-22-42-49(26(31)3)23-41-19-27-16-28(20-41)18-29(17-27)21-41)54-39(43-34)47-13-12-30-25(2)36(45-46-37(30)47)44-40-48(24-51-14-15-55(4,5)6)32-10-8-9-11-33(32)53-40/h8-11,22,27-29H,7,12-21,23-24H2,1-6H3. The maximum atomic E-state index is 13.4. The van der Waals surface area contributed by atoms with E-state index < -0.39 is 14.0 Å². The summed E-state index contributed by atoms with van der Waals surface area (Å²) < 4.78 is 17.3. The molecule has 5 aromatic rings. The lowest BCUT2D eigenvalue weighted by Crippen LogP contribution is -2.48. The molecule has 0 spiro atoms. The molecule has 0 amide bonds. The van der Waals surface area contributed by atoms with Crippen molar-refractivity contribution in [1.82, 2.24) is 29.5 Å². The number of aromatic nitrogens is 6. The van der Waals surface area contributed by atoms with Gasteiger partial charge in [-0.15, -0.1) is 10.2 Å². The third-order valence-corrected chi connectivity index (χ3v) is 16.3. The summed E-state index contributed by atoms with van der Waals surface area (Å²) in [6, 6.07) is 9.47. The molecule has 10 rings (SSSR count). The van der Waals surface area contributed by atoms with Crippen LogP contribution in [0.1, 0.15) is 72.8 Å². The summed E-state index contributed by atoms with van der Waals surface area (Å²) in [4.78, 5) is 27.2. The summed E-state index contributed by atoms with van der Waals surface area (Å²) in [5, 5.41) is 15.1. The van der Waals surface area contributed by atoms with Crippen molar-refractivity contribution in [2.45, 2.75) is 105 Å². The molecule has 4 aromatic heterocycles. The number of anilines is 2. The smallest absolute Gasteiger partial charge is 0.358 e. The van der Waals surface area contributed by atoms with Crippen molar-refractivity contribution in [3.63, 3.8) is 0 Å². The minimum absolute atomic E-state index is 0.281. The van der Waals surface area contributed by atoms with Crippen LogP contribution in [0.4, 0.5) is 16.8 Å². The molecule has 5 aliphatic rings. The van der Waals surface area contributed by atoms with Crippen LogP contribution >= 0.6 is 22.7 Å². The second kappa shape index (κ2) is 14.3. The zero-order valence-corrected chi connectivity index (χ0v) is 35.6. The highest BCUT2D eigenvalue weighted by Gasteiger charge is 2.51. The maximum Gasteiger partial charge on any atom is 0.358 e. The van der Waals surface area contributed by atoms with Crippen molar-refractivity contribution in [2.75, 3.05) is 24.7 Å². The fourth-order valence-electron chi connectivity index (χ4n) is 10.1. The highest BCUT2D eigenvalue weighted by molar-refractivity contribution is 7.19. The SMILES string of the molecule is CCOC(=O)c1nc(N2CCc3c2nnc(N=c2sc4ccccc4n2COCC[Si](C)(C)C)c3C)sc1-c1cnn(CC23CC4CC(CC(C4)C2)C3)c1C. The number of para-hydroxylation sites is 1. The fourth-order valence-corrected chi connectivity index (χ4v) is 13.0. The Morgan fingerprint density at radius 1 is 1.04 bits per heavy atom. The molecule has 1 aromatic carbocycles. The largest absolute Gasteiger partial charge is 0.461 e. The van der Waals surface area contributed by atoms with Gasteiger partial charge in [-0.3, -0.25) is 9.25 Å². The predicted molar refractivity (Wildman–Crippen MR) is 221 cm³/mol. The van der Waals surface area contributed by atoms with Gasteiger partial charge in [-0.05, 0) is 107 Å². The molecule has 290 valence electrons. The third kappa shape index (κ3) is 7.01. The van der Waals surface area contributed by atoms with E-state index in [4.69, 9.17) is 34.7 Å². The Kier molecular flexibility index (Phi) is 9.62. The molecule has 0 N–H and O–H groups in total. The van der Waals surface area contributed by atoms with E-state index >= 15 is 0 Å². The lowest BCUT2D eigenvalue weighted by molar-refractivity contribution is -0.0638. The number of hydrogen-bond donors (Lipinski definition) is 0. The molecular formula is C41H52N8O3S2Si. The summed E-state index contributed by atoms with van der Waals surface area (Å²) in [5.74, 6) is 3.62. The zero-order valence-electron chi connectivity index (χ0n) is 32.9. The van der Waals surface area contributed by atoms with Gasteiger partial charge in [-0.1, -0.05) is 54.4 Å². The zero-order chi connectivity index (χ0) is 38.1. The van der Waals surface area contributed by atoms with Gasteiger partial charge < -0.3 is 14.4 Å². The lowest BCUT2D eigenvalue weighted by Gasteiger charge is -2.56. The number of fused-ring (bicyclic) bond motifs is 2. The Balaban J connectivity index is 1.01. The number of carbonyl (C=O) groups excluding carboxylic acids is 1. The molecule has 4 fully saturated rings. The molecular weight excluding hydrogens is 745 g/mol.